The van der Waals surface area contributed by atoms with E-state index in [9.17, 15) is 25.1 Å². The molecule has 3 aromatic rings. The van der Waals surface area contributed by atoms with E-state index in [1.807, 2.05) is 43.3 Å². The van der Waals surface area contributed by atoms with E-state index in [-0.39, 0.29) is 75.7 Å². The predicted octanol–water partition coefficient (Wildman–Crippen LogP) is 8.34. The van der Waals surface area contributed by atoms with E-state index >= 15 is 0 Å². The van der Waals surface area contributed by atoms with E-state index in [4.69, 9.17) is 33.7 Å². The van der Waals surface area contributed by atoms with Crippen LogP contribution in [0.4, 0.5) is 10.5 Å². The van der Waals surface area contributed by atoms with Crippen molar-refractivity contribution in [1.29, 1.82) is 0 Å². The second-order valence-corrected chi connectivity index (χ2v) is 16.6. The number of urea groups is 1. The van der Waals surface area contributed by atoms with E-state index in [2.05, 4.69) is 24.6 Å². The molecule has 2 amide bonds. The quantitative estimate of drug-likeness (QED) is 0.0360. The van der Waals surface area contributed by atoms with Gasteiger partial charge in [0.2, 0.25) is 12.6 Å². The summed E-state index contributed by atoms with van der Waals surface area (Å²) in [4.78, 5) is 33.7. The Balaban J connectivity index is 1.37. The van der Waals surface area contributed by atoms with Crippen molar-refractivity contribution in [2.45, 2.75) is 89.2 Å². The van der Waals surface area contributed by atoms with Gasteiger partial charge in [-0.1, -0.05) is 55.8 Å². The smallest absolute Gasteiger partial charge is 0.318 e. The molecule has 1 fully saturated rings. The van der Waals surface area contributed by atoms with Gasteiger partial charge in [0, 0.05) is 56.3 Å². The minimum absolute atomic E-state index is 0.0244. The van der Waals surface area contributed by atoms with E-state index in [0.717, 1.165) is 42.4 Å². The second-order valence-electron chi connectivity index (χ2n) is 16.6. The van der Waals surface area contributed by atoms with Crippen molar-refractivity contribution >= 4 is 17.4 Å². The Morgan fingerprint density at radius 2 is 1.70 bits per heavy atom. The van der Waals surface area contributed by atoms with Crippen LogP contribution in [0.1, 0.15) is 80.9 Å². The number of nitrogens with zero attached hydrogens (tertiary/aromatic N) is 3. The van der Waals surface area contributed by atoms with Crippen molar-refractivity contribution < 1.29 is 48.5 Å². The molecule has 3 N–H and O–H groups in total. The summed E-state index contributed by atoms with van der Waals surface area (Å²) in [6, 6.07) is 16.5. The van der Waals surface area contributed by atoms with E-state index in [1.165, 1.54) is 12.1 Å². The van der Waals surface area contributed by atoms with Crippen LogP contribution in [0.25, 0.3) is 0 Å². The van der Waals surface area contributed by atoms with Crippen molar-refractivity contribution in [1.82, 2.24) is 10.2 Å². The SMILES string of the molecule is C=CCOc1ccc2c(c1)C1C(CCCCO)C(CCCCO)C=C3C(=NOCc4ccc([N+](=O)[O-])cc4)CC(N(CCC)C(=O)NCc4ccc5c(c4)OCO5)C(OCC=C)(O2)C31. The number of hydrogen-bond donors (Lipinski definition) is 3. The number of fused-ring (bicyclic) bond motifs is 3. The van der Waals surface area contributed by atoms with Crippen LogP contribution in [-0.2, 0) is 22.7 Å². The largest absolute Gasteiger partial charge is 0.490 e. The number of ether oxygens (including phenoxy) is 5. The van der Waals surface area contributed by atoms with Crippen LogP contribution in [0.5, 0.6) is 23.0 Å². The van der Waals surface area contributed by atoms with Gasteiger partial charge in [0.1, 0.15) is 30.8 Å². The number of oxime groups is 1. The third-order valence-electron chi connectivity index (χ3n) is 12.5. The monoisotopic (exact) mass is 880 g/mol. The first-order valence-corrected chi connectivity index (χ1v) is 22.4. The number of benzene rings is 3. The highest BCUT2D eigenvalue weighted by atomic mass is 16.7. The molecule has 0 spiro atoms. The Bertz CT molecular complexity index is 2180. The van der Waals surface area contributed by atoms with Gasteiger partial charge in [-0.25, -0.2) is 4.79 Å². The lowest BCUT2D eigenvalue weighted by molar-refractivity contribution is -0.384. The fourth-order valence-electron chi connectivity index (χ4n) is 9.76. The Kier molecular flexibility index (Phi) is 15.6. The molecule has 1 saturated carbocycles. The van der Waals surface area contributed by atoms with Gasteiger partial charge in [-0.3, -0.25) is 10.1 Å². The fraction of sp³-hybridized carbons (Fsp3) is 0.469. The topological polar surface area (TPSA) is 184 Å². The van der Waals surface area contributed by atoms with E-state index in [1.54, 1.807) is 29.2 Å². The first-order chi connectivity index (χ1) is 31.2. The molecule has 0 radical (unpaired) electrons. The average molecular weight is 881 g/mol. The molecule has 64 heavy (non-hydrogen) atoms. The van der Waals surface area contributed by atoms with Gasteiger partial charge in [-0.15, -0.1) is 6.58 Å². The lowest BCUT2D eigenvalue weighted by Gasteiger charge is -2.60. The zero-order valence-electron chi connectivity index (χ0n) is 36.5. The zero-order chi connectivity index (χ0) is 45.1. The predicted molar refractivity (Wildman–Crippen MR) is 240 cm³/mol. The van der Waals surface area contributed by atoms with Crippen LogP contribution in [0, 0.1) is 27.9 Å². The highest BCUT2D eigenvalue weighted by Crippen LogP contribution is 2.62. The number of non-ortho nitro benzene ring substituents is 1. The summed E-state index contributed by atoms with van der Waals surface area (Å²) in [6.45, 7) is 11.3. The molecule has 7 rings (SSSR count). The number of aliphatic hydroxyl groups is 2. The minimum atomic E-state index is -1.44. The van der Waals surface area contributed by atoms with Crippen molar-refractivity contribution in [3.8, 4) is 23.0 Å². The van der Waals surface area contributed by atoms with Gasteiger partial charge in [-0.05, 0) is 103 Å². The van der Waals surface area contributed by atoms with Crippen molar-refractivity contribution in [2.75, 3.05) is 39.8 Å². The first kappa shape index (κ1) is 46.1. The number of allylic oxidation sites excluding steroid dienone is 1. The molecule has 0 bridgehead atoms. The number of aliphatic hydroxyl groups excluding tert-OH is 2. The Morgan fingerprint density at radius 3 is 2.44 bits per heavy atom. The molecule has 2 heterocycles. The van der Waals surface area contributed by atoms with Crippen LogP contribution in [0.3, 0.4) is 0 Å². The van der Waals surface area contributed by atoms with Gasteiger partial charge < -0.3 is 49.0 Å². The molecular weight excluding hydrogens is 821 g/mol. The van der Waals surface area contributed by atoms with Gasteiger partial charge in [0.05, 0.1) is 23.2 Å². The Morgan fingerprint density at radius 1 is 0.969 bits per heavy atom. The summed E-state index contributed by atoms with van der Waals surface area (Å²) in [6.07, 6.45) is 11.0. The number of nitrogens with one attached hydrogen (secondary N) is 1. The molecule has 3 aromatic carbocycles. The van der Waals surface area contributed by atoms with Crippen LogP contribution in [-0.4, -0.2) is 83.4 Å². The first-order valence-electron chi connectivity index (χ1n) is 22.4. The number of carbonyl (C=O) groups excluding carboxylic acids is 1. The van der Waals surface area contributed by atoms with Crippen molar-refractivity contribution in [2.24, 2.45) is 22.9 Å². The van der Waals surface area contributed by atoms with Gasteiger partial charge >= 0.3 is 6.03 Å². The maximum absolute atomic E-state index is 14.8. The standard InChI is InChI=1S/C49H60N4O11/c1-4-21-52(48(56)50-30-34-15-19-43-44(26-34)61-32-60-43)45-29-41(51-63-31-33-13-16-36(17-14-33)53(57)58)39-27-35(11-7-9-22-54)38(12-8-10-23-55)46-40-28-37(59-24-5-2)18-20-42(40)64-49(45,47(39)46)62-25-6-3/h5-6,13-20,26-28,35,38,45-47,54-55H,2-4,7-12,21-25,29-32H2,1H3,(H,50,56). The molecule has 15 nitrogen and oxygen atoms in total. The molecule has 2 aliphatic carbocycles. The van der Waals surface area contributed by atoms with Gasteiger partial charge in [-0.2, -0.15) is 0 Å². The minimum Gasteiger partial charge on any atom is -0.490 e. The Labute approximate surface area is 374 Å². The molecular formula is C49H60N4O11. The number of nitro benzene ring substituents is 1. The summed E-state index contributed by atoms with van der Waals surface area (Å²) < 4.78 is 31.6. The molecule has 15 heteroatoms. The summed E-state index contributed by atoms with van der Waals surface area (Å²) in [5.41, 5.74) is 3.98. The van der Waals surface area contributed by atoms with Crippen LogP contribution in [0.2, 0.25) is 0 Å². The van der Waals surface area contributed by atoms with Gasteiger partial charge in [0.15, 0.2) is 11.5 Å². The molecule has 4 aliphatic rings. The summed E-state index contributed by atoms with van der Waals surface area (Å²) in [5, 5.41) is 39.3. The normalized spacial score (nSPS) is 23.2. The number of amides is 2. The van der Waals surface area contributed by atoms with E-state index < -0.39 is 22.7 Å². The zero-order valence-corrected chi connectivity index (χ0v) is 36.5. The van der Waals surface area contributed by atoms with E-state index in [0.29, 0.717) is 66.7 Å². The highest BCUT2D eigenvalue weighted by Gasteiger charge is 2.65. The molecule has 6 unspecified atom stereocenters. The van der Waals surface area contributed by atoms with Crippen molar-refractivity contribution in [3.63, 3.8) is 0 Å². The lowest BCUT2D eigenvalue weighted by Crippen LogP contribution is -2.70. The van der Waals surface area contributed by atoms with Gasteiger partial charge in [0.25, 0.3) is 5.69 Å². The second kappa shape index (κ2) is 21.7. The average Bonchev–Trinajstić information content (AvgIpc) is 3.78. The summed E-state index contributed by atoms with van der Waals surface area (Å²) >= 11 is 0. The molecule has 0 aromatic heterocycles. The van der Waals surface area contributed by atoms with Crippen LogP contribution >= 0.6 is 0 Å². The number of carbonyl (C=O) groups is 1. The molecule has 0 saturated heterocycles. The summed E-state index contributed by atoms with van der Waals surface area (Å²) in [7, 11) is 0. The third-order valence-corrected chi connectivity index (χ3v) is 12.5. The fourth-order valence-corrected chi connectivity index (χ4v) is 9.76. The van der Waals surface area contributed by atoms with Crippen LogP contribution in [0.15, 0.2) is 103 Å². The summed E-state index contributed by atoms with van der Waals surface area (Å²) in [5.74, 6) is 0.440. The number of rotatable bonds is 23. The lowest BCUT2D eigenvalue weighted by atomic mass is 9.55. The number of nitro groups is 1. The molecule has 2 aliphatic heterocycles. The number of hydrogen-bond acceptors (Lipinski definition) is 12. The maximum Gasteiger partial charge on any atom is 0.318 e. The highest BCUT2D eigenvalue weighted by molar-refractivity contribution is 6.03. The molecule has 342 valence electrons. The third kappa shape index (κ3) is 10.1. The molecule has 6 atom stereocenters. The number of unbranched alkanes of at least 4 members (excludes halogenated alkanes) is 2. The van der Waals surface area contributed by atoms with Crippen molar-refractivity contribution in [3.05, 3.63) is 124 Å². The maximum atomic E-state index is 14.8. The Hall–Kier alpha value is -5.90. The van der Waals surface area contributed by atoms with Crippen LogP contribution < -0.4 is 24.3 Å².